The van der Waals surface area contributed by atoms with E-state index in [0.29, 0.717) is 12.8 Å². The van der Waals surface area contributed by atoms with Crippen molar-refractivity contribution < 1.29 is 19.7 Å². The molecule has 4 nitrogen and oxygen atoms in total. The second-order valence-electron chi connectivity index (χ2n) is 7.72. The summed E-state index contributed by atoms with van der Waals surface area (Å²) in [5.74, 6) is -0.916. The number of aliphatic carboxylic acids is 1. The number of aliphatic hydroxyl groups excluding tert-OH is 1. The molecule has 1 fully saturated rings. The summed E-state index contributed by atoms with van der Waals surface area (Å²) in [7, 11) is 0. The van der Waals surface area contributed by atoms with Gasteiger partial charge in [0, 0.05) is 0 Å². The van der Waals surface area contributed by atoms with Crippen LogP contribution in [0.15, 0.2) is 0 Å². The average molecular weight is 272 g/mol. The lowest BCUT2D eigenvalue weighted by Crippen LogP contribution is -2.55. The van der Waals surface area contributed by atoms with Crippen molar-refractivity contribution in [2.75, 3.05) is 0 Å². The van der Waals surface area contributed by atoms with E-state index < -0.39 is 23.8 Å². The molecule has 1 rings (SSSR count). The second-order valence-corrected chi connectivity index (χ2v) is 7.72. The Morgan fingerprint density at radius 2 is 1.47 bits per heavy atom. The molecule has 0 amide bonds. The highest BCUT2D eigenvalue weighted by Gasteiger charge is 2.53. The van der Waals surface area contributed by atoms with Crippen molar-refractivity contribution in [1.82, 2.24) is 0 Å². The van der Waals surface area contributed by atoms with Gasteiger partial charge in [-0.1, -0.05) is 27.7 Å². The molecule has 1 aliphatic rings. The molecule has 112 valence electrons. The second kappa shape index (κ2) is 5.06. The number of hydrogen-bond donors (Lipinski definition) is 2. The maximum Gasteiger partial charge on any atom is 0.336 e. The molecule has 2 atom stereocenters. The first kappa shape index (κ1) is 16.4. The molecule has 0 saturated heterocycles. The van der Waals surface area contributed by atoms with Crippen molar-refractivity contribution >= 4 is 5.97 Å². The summed E-state index contributed by atoms with van der Waals surface area (Å²) in [5.41, 5.74) is -1.36. The summed E-state index contributed by atoms with van der Waals surface area (Å²) in [4.78, 5) is 11.8. The van der Waals surface area contributed by atoms with Crippen molar-refractivity contribution in [3.63, 3.8) is 0 Å². The molecule has 0 spiro atoms. The molecule has 0 aromatic heterocycles. The first-order chi connectivity index (χ1) is 8.39. The molecular weight excluding hydrogens is 244 g/mol. The van der Waals surface area contributed by atoms with Gasteiger partial charge in [0.05, 0.1) is 12.2 Å². The molecule has 0 aliphatic heterocycles. The van der Waals surface area contributed by atoms with Gasteiger partial charge < -0.3 is 14.9 Å². The maximum absolute atomic E-state index is 11.8. The van der Waals surface area contributed by atoms with Crippen LogP contribution in [0.2, 0.25) is 0 Å². The molecular formula is C15H28O4. The van der Waals surface area contributed by atoms with E-state index in [9.17, 15) is 15.0 Å². The zero-order chi connectivity index (χ0) is 15.1. The first-order valence-corrected chi connectivity index (χ1v) is 6.99. The van der Waals surface area contributed by atoms with Crippen molar-refractivity contribution in [3.8, 4) is 0 Å². The van der Waals surface area contributed by atoms with E-state index >= 15 is 0 Å². The van der Waals surface area contributed by atoms with Crippen LogP contribution in [0.3, 0.4) is 0 Å². The van der Waals surface area contributed by atoms with Crippen LogP contribution in [0.4, 0.5) is 0 Å². The Bertz CT molecular complexity index is 328. The Labute approximate surface area is 116 Å². The summed E-state index contributed by atoms with van der Waals surface area (Å²) >= 11 is 0. The monoisotopic (exact) mass is 272 g/mol. The largest absolute Gasteiger partial charge is 0.479 e. The van der Waals surface area contributed by atoms with Gasteiger partial charge in [0.25, 0.3) is 0 Å². The van der Waals surface area contributed by atoms with Gasteiger partial charge in [-0.25, -0.2) is 4.79 Å². The van der Waals surface area contributed by atoms with Gasteiger partial charge >= 0.3 is 5.97 Å². The van der Waals surface area contributed by atoms with Crippen LogP contribution < -0.4 is 0 Å². The van der Waals surface area contributed by atoms with Gasteiger partial charge in [-0.3, -0.25) is 0 Å². The van der Waals surface area contributed by atoms with E-state index in [0.717, 1.165) is 6.42 Å². The Hall–Kier alpha value is -0.610. The lowest BCUT2D eigenvalue weighted by Gasteiger charge is -2.50. The number of carboxylic acid groups (broad SMARTS) is 1. The number of ether oxygens (including phenoxy) is 1. The predicted molar refractivity (Wildman–Crippen MR) is 74.0 cm³/mol. The zero-order valence-electron chi connectivity index (χ0n) is 13.0. The Kier molecular flexibility index (Phi) is 4.38. The molecule has 1 saturated carbocycles. The molecule has 0 radical (unpaired) electrons. The molecule has 1 aliphatic carbocycles. The zero-order valence-corrected chi connectivity index (χ0v) is 13.0. The fourth-order valence-electron chi connectivity index (χ4n) is 3.77. The van der Waals surface area contributed by atoms with Crippen LogP contribution in [-0.4, -0.2) is 34.0 Å². The highest BCUT2D eigenvalue weighted by Crippen LogP contribution is 2.52. The third kappa shape index (κ3) is 3.93. The molecule has 0 aromatic carbocycles. The topological polar surface area (TPSA) is 66.8 Å². The van der Waals surface area contributed by atoms with Gasteiger partial charge in [-0.15, -0.1) is 0 Å². The molecule has 4 heteroatoms. The smallest absolute Gasteiger partial charge is 0.336 e. The molecule has 2 N–H and O–H groups in total. The van der Waals surface area contributed by atoms with E-state index in [-0.39, 0.29) is 10.8 Å². The number of hydrogen-bond acceptors (Lipinski definition) is 3. The van der Waals surface area contributed by atoms with Gasteiger partial charge in [0.2, 0.25) is 0 Å². The van der Waals surface area contributed by atoms with Crippen molar-refractivity contribution in [2.45, 2.75) is 78.6 Å². The number of aliphatic hydroxyl groups is 1. The lowest BCUT2D eigenvalue weighted by atomic mass is 9.59. The van der Waals surface area contributed by atoms with Gasteiger partial charge in [-0.2, -0.15) is 0 Å². The summed E-state index contributed by atoms with van der Waals surface area (Å²) in [5, 5.41) is 19.3. The van der Waals surface area contributed by atoms with Crippen molar-refractivity contribution in [2.24, 2.45) is 10.8 Å². The average Bonchev–Trinajstić information content (AvgIpc) is 2.11. The quantitative estimate of drug-likeness (QED) is 0.826. The maximum atomic E-state index is 11.8. The molecule has 2 unspecified atom stereocenters. The van der Waals surface area contributed by atoms with Crippen LogP contribution in [0.25, 0.3) is 0 Å². The van der Waals surface area contributed by atoms with E-state index in [1.807, 2.05) is 0 Å². The molecule has 0 aromatic rings. The SMILES string of the molecule is CC(O)C(C)OC1(C(=O)O)CC(C)(C)CC(C)(C)C1. The summed E-state index contributed by atoms with van der Waals surface area (Å²) in [6.07, 6.45) is 0.776. The summed E-state index contributed by atoms with van der Waals surface area (Å²) in [6.45, 7) is 11.7. The number of carbonyl (C=O) groups is 1. The van der Waals surface area contributed by atoms with Crippen LogP contribution in [0.5, 0.6) is 0 Å². The fraction of sp³-hybridized carbons (Fsp3) is 0.933. The first-order valence-electron chi connectivity index (χ1n) is 6.99. The minimum atomic E-state index is -1.19. The Morgan fingerprint density at radius 3 is 1.79 bits per heavy atom. The van der Waals surface area contributed by atoms with Crippen molar-refractivity contribution in [3.05, 3.63) is 0 Å². The summed E-state index contributed by atoms with van der Waals surface area (Å²) < 4.78 is 5.82. The van der Waals surface area contributed by atoms with E-state index in [1.54, 1.807) is 13.8 Å². The Balaban J connectivity index is 3.08. The summed E-state index contributed by atoms with van der Waals surface area (Å²) in [6, 6.07) is 0. The van der Waals surface area contributed by atoms with Crippen LogP contribution in [-0.2, 0) is 9.53 Å². The predicted octanol–water partition coefficient (Wildman–Crippen LogP) is 2.83. The van der Waals surface area contributed by atoms with Gasteiger partial charge in [-0.05, 0) is 43.9 Å². The standard InChI is InChI=1S/C15H28O4/c1-10(16)11(2)19-15(12(17)18)8-13(3,4)7-14(5,6)9-15/h10-11,16H,7-9H2,1-6H3,(H,17,18). The third-order valence-electron chi connectivity index (χ3n) is 3.97. The fourth-order valence-corrected chi connectivity index (χ4v) is 3.77. The normalized spacial score (nSPS) is 27.5. The molecule has 0 bridgehead atoms. The third-order valence-corrected chi connectivity index (χ3v) is 3.97. The van der Waals surface area contributed by atoms with Crippen LogP contribution >= 0.6 is 0 Å². The van der Waals surface area contributed by atoms with E-state index in [1.165, 1.54) is 0 Å². The molecule has 19 heavy (non-hydrogen) atoms. The lowest BCUT2D eigenvalue weighted by molar-refractivity contribution is -0.204. The number of carboxylic acids is 1. The highest BCUT2D eigenvalue weighted by atomic mass is 16.5. The van der Waals surface area contributed by atoms with Crippen LogP contribution in [0.1, 0.15) is 60.8 Å². The highest BCUT2D eigenvalue weighted by molar-refractivity contribution is 5.78. The molecule has 0 heterocycles. The number of rotatable bonds is 4. The minimum Gasteiger partial charge on any atom is -0.479 e. The van der Waals surface area contributed by atoms with Gasteiger partial charge in [0.15, 0.2) is 5.60 Å². The van der Waals surface area contributed by atoms with Crippen LogP contribution in [0, 0.1) is 10.8 Å². The minimum absolute atomic E-state index is 0.0848. The van der Waals surface area contributed by atoms with Gasteiger partial charge in [0.1, 0.15) is 0 Å². The van der Waals surface area contributed by atoms with E-state index in [2.05, 4.69) is 27.7 Å². The van der Waals surface area contributed by atoms with E-state index in [4.69, 9.17) is 4.74 Å². The Morgan fingerprint density at radius 1 is 1.05 bits per heavy atom. The van der Waals surface area contributed by atoms with Crippen molar-refractivity contribution in [1.29, 1.82) is 0 Å².